The minimum atomic E-state index is -4.29. The summed E-state index contributed by atoms with van der Waals surface area (Å²) >= 11 is 0. The number of nitrogens with two attached hydrogens (primary N) is 1. The highest BCUT2D eigenvalue weighted by molar-refractivity contribution is 5.24. The van der Waals surface area contributed by atoms with Gasteiger partial charge in [0.15, 0.2) is 0 Å². The van der Waals surface area contributed by atoms with Crippen LogP contribution in [0.1, 0.15) is 29.2 Å². The first-order valence-electron chi connectivity index (χ1n) is 6.51. The average Bonchev–Trinajstić information content (AvgIpc) is 2.33. The van der Waals surface area contributed by atoms with Gasteiger partial charge in [0.25, 0.3) is 0 Å². The van der Waals surface area contributed by atoms with Crippen LogP contribution < -0.4 is 5.73 Å². The number of rotatable bonds is 7. The highest BCUT2D eigenvalue weighted by Gasteiger charge is 2.27. The van der Waals surface area contributed by atoms with Gasteiger partial charge in [-0.05, 0) is 38.8 Å². The third-order valence-electron chi connectivity index (χ3n) is 2.83. The lowest BCUT2D eigenvalue weighted by Crippen LogP contribution is -2.18. The van der Waals surface area contributed by atoms with Crippen molar-refractivity contribution in [3.8, 4) is 0 Å². The molecule has 20 heavy (non-hydrogen) atoms. The van der Waals surface area contributed by atoms with Crippen molar-refractivity contribution in [2.75, 3.05) is 19.8 Å². The molecule has 0 atom stereocenters. The van der Waals surface area contributed by atoms with E-state index >= 15 is 0 Å². The average molecular weight is 291 g/mol. The summed E-state index contributed by atoms with van der Waals surface area (Å²) < 4.78 is 40.3. The molecule has 0 radical (unpaired) electrons. The van der Waals surface area contributed by atoms with E-state index in [4.69, 9.17) is 5.73 Å². The first-order valence-corrected chi connectivity index (χ1v) is 6.51. The van der Waals surface area contributed by atoms with Crippen LogP contribution >= 0.6 is 0 Å². The lowest BCUT2D eigenvalue weighted by atomic mass is 10.1. The van der Waals surface area contributed by atoms with Crippen molar-refractivity contribution in [1.29, 1.82) is 0 Å². The maximum Gasteiger partial charge on any atom is 0.411 e. The number of ether oxygens (including phenoxy) is 1. The number of alkyl halides is 3. The molecule has 0 unspecified atom stereocenters. The van der Waals surface area contributed by atoms with Crippen LogP contribution in [0.15, 0.2) is 0 Å². The summed E-state index contributed by atoms with van der Waals surface area (Å²) in [6.45, 7) is 3.08. The molecule has 0 saturated heterocycles. The maximum atomic E-state index is 11.9. The molecule has 1 heterocycles. The van der Waals surface area contributed by atoms with Crippen LogP contribution in [0, 0.1) is 13.8 Å². The van der Waals surface area contributed by atoms with E-state index in [1.165, 1.54) is 0 Å². The normalized spacial score (nSPS) is 11.9. The van der Waals surface area contributed by atoms with Gasteiger partial charge >= 0.3 is 6.18 Å². The zero-order chi connectivity index (χ0) is 15.2. The van der Waals surface area contributed by atoms with Crippen LogP contribution in [-0.2, 0) is 17.6 Å². The van der Waals surface area contributed by atoms with E-state index < -0.39 is 12.8 Å². The van der Waals surface area contributed by atoms with Crippen molar-refractivity contribution >= 4 is 0 Å². The molecule has 4 nitrogen and oxygen atoms in total. The van der Waals surface area contributed by atoms with Gasteiger partial charge < -0.3 is 10.5 Å². The predicted molar refractivity (Wildman–Crippen MR) is 69.5 cm³/mol. The van der Waals surface area contributed by atoms with Crippen LogP contribution in [0.25, 0.3) is 0 Å². The molecule has 7 heteroatoms. The number of nitrogens with zero attached hydrogens (tertiary/aromatic N) is 2. The lowest BCUT2D eigenvalue weighted by molar-refractivity contribution is -0.173. The van der Waals surface area contributed by atoms with Gasteiger partial charge in [-0.25, -0.2) is 9.97 Å². The highest BCUT2D eigenvalue weighted by atomic mass is 19.4. The molecule has 0 aromatic carbocycles. The second-order valence-corrected chi connectivity index (χ2v) is 4.60. The summed E-state index contributed by atoms with van der Waals surface area (Å²) in [6, 6.07) is 0. The maximum absolute atomic E-state index is 11.9. The highest BCUT2D eigenvalue weighted by Crippen LogP contribution is 2.15. The molecule has 1 rings (SSSR count). The van der Waals surface area contributed by atoms with Crippen molar-refractivity contribution in [3.05, 3.63) is 22.8 Å². The summed E-state index contributed by atoms with van der Waals surface area (Å²) in [5, 5.41) is 0. The fourth-order valence-electron chi connectivity index (χ4n) is 1.91. The predicted octanol–water partition coefficient (Wildman–Crippen LogP) is 2.11. The van der Waals surface area contributed by atoms with Gasteiger partial charge in [0.1, 0.15) is 12.4 Å². The van der Waals surface area contributed by atoms with Gasteiger partial charge in [-0.15, -0.1) is 0 Å². The van der Waals surface area contributed by atoms with Crippen LogP contribution in [0.3, 0.4) is 0 Å². The Morgan fingerprint density at radius 1 is 1.10 bits per heavy atom. The lowest BCUT2D eigenvalue weighted by Gasteiger charge is -2.11. The van der Waals surface area contributed by atoms with Gasteiger partial charge in [0, 0.05) is 17.8 Å². The Bertz CT molecular complexity index is 412. The van der Waals surface area contributed by atoms with Gasteiger partial charge in [0.05, 0.1) is 6.61 Å². The molecule has 0 spiro atoms. The molecule has 1 aromatic heterocycles. The number of hydrogen-bond acceptors (Lipinski definition) is 4. The van der Waals surface area contributed by atoms with E-state index in [1.807, 2.05) is 13.8 Å². The van der Waals surface area contributed by atoms with Crippen molar-refractivity contribution in [2.45, 2.75) is 39.3 Å². The first-order chi connectivity index (χ1) is 9.33. The minimum absolute atomic E-state index is 0.0411. The van der Waals surface area contributed by atoms with Crippen molar-refractivity contribution < 1.29 is 17.9 Å². The third kappa shape index (κ3) is 5.83. The van der Waals surface area contributed by atoms with Crippen molar-refractivity contribution in [3.63, 3.8) is 0 Å². The zero-order valence-electron chi connectivity index (χ0n) is 11.8. The largest absolute Gasteiger partial charge is 0.411 e. The SMILES string of the molecule is Cc1nc(CCOCC(F)(F)F)nc(C)c1CCCN. The fraction of sp³-hybridized carbons (Fsp3) is 0.692. The van der Waals surface area contributed by atoms with Crippen molar-refractivity contribution in [2.24, 2.45) is 5.73 Å². The fourth-order valence-corrected chi connectivity index (χ4v) is 1.91. The Morgan fingerprint density at radius 2 is 1.70 bits per heavy atom. The second-order valence-electron chi connectivity index (χ2n) is 4.60. The Morgan fingerprint density at radius 3 is 2.20 bits per heavy atom. The Hall–Kier alpha value is -1.21. The molecule has 2 N–H and O–H groups in total. The molecule has 1 aromatic rings. The topological polar surface area (TPSA) is 61.0 Å². The number of halogens is 3. The van der Waals surface area contributed by atoms with Gasteiger partial charge in [-0.2, -0.15) is 13.2 Å². The molecule has 0 amide bonds. The van der Waals surface area contributed by atoms with E-state index in [9.17, 15) is 13.2 Å². The monoisotopic (exact) mass is 291 g/mol. The van der Waals surface area contributed by atoms with E-state index in [0.29, 0.717) is 12.4 Å². The molecule has 0 aliphatic heterocycles. The smallest absolute Gasteiger partial charge is 0.372 e. The number of aromatic nitrogens is 2. The summed E-state index contributed by atoms with van der Waals surface area (Å²) in [7, 11) is 0. The van der Waals surface area contributed by atoms with Crippen LogP contribution in [-0.4, -0.2) is 35.9 Å². The molecule has 0 fully saturated rings. The summed E-state index contributed by atoms with van der Waals surface area (Å²) in [4.78, 5) is 8.62. The standard InChI is InChI=1S/C13H20F3N3O/c1-9-11(4-3-6-17)10(2)19-12(18-9)5-7-20-8-13(14,15)16/h3-8,17H2,1-2H3. The quantitative estimate of drug-likeness (QED) is 0.782. The van der Waals surface area contributed by atoms with Crippen molar-refractivity contribution in [1.82, 2.24) is 9.97 Å². The van der Waals surface area contributed by atoms with Gasteiger partial charge in [0.2, 0.25) is 0 Å². The first kappa shape index (κ1) is 16.8. The molecule has 0 aliphatic carbocycles. The van der Waals surface area contributed by atoms with Gasteiger partial charge in [-0.3, -0.25) is 0 Å². The summed E-state index contributed by atoms with van der Waals surface area (Å²) in [5.41, 5.74) is 8.25. The Labute approximate surface area is 116 Å². The third-order valence-corrected chi connectivity index (χ3v) is 2.83. The molecular formula is C13H20F3N3O. The summed E-state index contributed by atoms with van der Waals surface area (Å²) in [5.74, 6) is 0.513. The molecule has 0 saturated carbocycles. The second kappa shape index (κ2) is 7.54. The van der Waals surface area contributed by atoms with E-state index in [1.54, 1.807) is 0 Å². The minimum Gasteiger partial charge on any atom is -0.372 e. The van der Waals surface area contributed by atoms with E-state index in [0.717, 1.165) is 29.8 Å². The number of hydrogen-bond donors (Lipinski definition) is 1. The molecular weight excluding hydrogens is 271 g/mol. The number of aryl methyl sites for hydroxylation is 2. The molecule has 0 aliphatic rings. The summed E-state index contributed by atoms with van der Waals surface area (Å²) in [6.07, 6.45) is -2.34. The Kier molecular flexibility index (Phi) is 6.35. The van der Waals surface area contributed by atoms with E-state index in [-0.39, 0.29) is 13.0 Å². The van der Waals surface area contributed by atoms with E-state index in [2.05, 4.69) is 14.7 Å². The van der Waals surface area contributed by atoms with Crippen LogP contribution in [0.2, 0.25) is 0 Å². The zero-order valence-corrected chi connectivity index (χ0v) is 11.8. The molecule has 114 valence electrons. The Balaban J connectivity index is 2.56. The van der Waals surface area contributed by atoms with Gasteiger partial charge in [-0.1, -0.05) is 0 Å². The van der Waals surface area contributed by atoms with Crippen LogP contribution in [0.5, 0.6) is 0 Å². The molecule has 0 bridgehead atoms. The van der Waals surface area contributed by atoms with Crippen LogP contribution in [0.4, 0.5) is 13.2 Å².